The smallest absolute Gasteiger partial charge is 0.417 e. The largest absolute Gasteiger partial charge is 0.453 e. The van der Waals surface area contributed by atoms with Gasteiger partial charge in [0.05, 0.1) is 28.5 Å². The molecule has 0 radical (unpaired) electrons. The molecule has 1 aliphatic rings. The second kappa shape index (κ2) is 7.82. The van der Waals surface area contributed by atoms with Crippen LogP contribution in [0.3, 0.4) is 0 Å². The highest BCUT2D eigenvalue weighted by Gasteiger charge is 2.36. The van der Waals surface area contributed by atoms with Crippen LogP contribution in [0, 0.1) is 0 Å². The van der Waals surface area contributed by atoms with Gasteiger partial charge in [0.15, 0.2) is 0 Å². The van der Waals surface area contributed by atoms with Gasteiger partial charge < -0.3 is 20.3 Å². The van der Waals surface area contributed by atoms with Crippen LogP contribution in [-0.4, -0.2) is 50.3 Å². The summed E-state index contributed by atoms with van der Waals surface area (Å²) in [6, 6.07) is 0.914. The van der Waals surface area contributed by atoms with E-state index in [0.29, 0.717) is 25.9 Å². The summed E-state index contributed by atoms with van der Waals surface area (Å²) in [5.74, 6) is -0.315. The van der Waals surface area contributed by atoms with Gasteiger partial charge >= 0.3 is 12.3 Å². The number of nitrogens with one attached hydrogen (secondary N) is 2. The van der Waals surface area contributed by atoms with Crippen LogP contribution in [0.25, 0.3) is 10.2 Å². The maximum absolute atomic E-state index is 13.6. The van der Waals surface area contributed by atoms with Gasteiger partial charge in [-0.05, 0) is 18.9 Å². The van der Waals surface area contributed by atoms with Crippen molar-refractivity contribution in [2.45, 2.75) is 25.1 Å². The second-order valence-electron chi connectivity index (χ2n) is 6.33. The lowest BCUT2D eigenvalue weighted by atomic mass is 10.0. The maximum Gasteiger partial charge on any atom is 0.417 e. The first-order valence-corrected chi connectivity index (χ1v) is 9.43. The Kier molecular flexibility index (Phi) is 5.64. The Morgan fingerprint density at radius 3 is 2.57 bits per heavy atom. The van der Waals surface area contributed by atoms with E-state index < -0.39 is 23.7 Å². The SMILES string of the molecule is CNC(=O)c1csc2c(C(F)(F)F)cc(N3CCC(NC(=O)OC)CC3)nc12. The van der Waals surface area contributed by atoms with Crippen molar-refractivity contribution in [1.82, 2.24) is 15.6 Å². The number of halogens is 3. The Balaban J connectivity index is 1.93. The third-order valence-electron chi connectivity index (χ3n) is 4.61. The van der Waals surface area contributed by atoms with Crippen LogP contribution in [0.2, 0.25) is 0 Å². The molecule has 0 aliphatic carbocycles. The van der Waals surface area contributed by atoms with Crippen LogP contribution < -0.4 is 15.5 Å². The number of rotatable bonds is 3. The third-order valence-corrected chi connectivity index (χ3v) is 5.62. The lowest BCUT2D eigenvalue weighted by Gasteiger charge is -2.33. The van der Waals surface area contributed by atoms with E-state index in [4.69, 9.17) is 0 Å². The van der Waals surface area contributed by atoms with E-state index in [2.05, 4.69) is 20.4 Å². The van der Waals surface area contributed by atoms with Crippen molar-refractivity contribution in [2.24, 2.45) is 0 Å². The highest BCUT2D eigenvalue weighted by Crippen LogP contribution is 2.40. The summed E-state index contributed by atoms with van der Waals surface area (Å²) in [5, 5.41) is 6.51. The van der Waals surface area contributed by atoms with Crippen LogP contribution in [-0.2, 0) is 10.9 Å². The van der Waals surface area contributed by atoms with Crippen LogP contribution >= 0.6 is 11.3 Å². The van der Waals surface area contributed by atoms with Crippen molar-refractivity contribution >= 4 is 39.4 Å². The van der Waals surface area contributed by atoms with Crippen LogP contribution in [0.5, 0.6) is 0 Å². The number of thiophene rings is 1. The van der Waals surface area contributed by atoms with Crippen molar-refractivity contribution < 1.29 is 27.5 Å². The molecule has 7 nitrogen and oxygen atoms in total. The lowest BCUT2D eigenvalue weighted by molar-refractivity contribution is -0.136. The van der Waals surface area contributed by atoms with E-state index in [0.717, 1.165) is 17.4 Å². The minimum Gasteiger partial charge on any atom is -0.453 e. The number of nitrogens with zero attached hydrogens (tertiary/aromatic N) is 2. The molecule has 0 saturated carbocycles. The first kappa shape index (κ1) is 20.2. The van der Waals surface area contributed by atoms with Gasteiger partial charge in [-0.3, -0.25) is 4.79 Å². The Bertz CT molecular complexity index is 892. The van der Waals surface area contributed by atoms with E-state index in [1.54, 1.807) is 4.90 Å². The standard InChI is InChI=1S/C17H19F3N4O3S/c1-21-15(25)10-8-28-14-11(17(18,19)20)7-12(23-13(10)14)24-5-3-9(4-6-24)22-16(26)27-2/h7-9H,3-6H2,1-2H3,(H,21,25)(H,22,26). The summed E-state index contributed by atoms with van der Waals surface area (Å²) in [4.78, 5) is 29.4. The zero-order valence-electron chi connectivity index (χ0n) is 15.2. The number of fused-ring (bicyclic) bond motifs is 1. The van der Waals surface area contributed by atoms with Crippen LogP contribution in [0.4, 0.5) is 23.8 Å². The number of ether oxygens (including phenoxy) is 1. The zero-order valence-corrected chi connectivity index (χ0v) is 16.0. The summed E-state index contributed by atoms with van der Waals surface area (Å²) >= 11 is 0.853. The molecule has 1 fully saturated rings. The molecule has 152 valence electrons. The number of amides is 2. The number of carbonyl (C=O) groups excluding carboxylic acids is 2. The van der Waals surface area contributed by atoms with Gasteiger partial charge in [0.1, 0.15) is 5.82 Å². The Morgan fingerprint density at radius 1 is 1.32 bits per heavy atom. The van der Waals surface area contributed by atoms with Gasteiger partial charge in [0.25, 0.3) is 5.91 Å². The summed E-state index contributed by atoms with van der Waals surface area (Å²) in [5.41, 5.74) is -0.636. The highest BCUT2D eigenvalue weighted by atomic mass is 32.1. The molecule has 2 aromatic rings. The molecule has 11 heteroatoms. The molecule has 3 rings (SSSR count). The van der Waals surface area contributed by atoms with Crippen molar-refractivity contribution in [3.8, 4) is 0 Å². The maximum atomic E-state index is 13.6. The molecule has 0 aromatic carbocycles. The Hall–Kier alpha value is -2.56. The number of hydrogen-bond donors (Lipinski definition) is 2. The summed E-state index contributed by atoms with van der Waals surface area (Å²) in [6.07, 6.45) is -4.01. The number of pyridine rings is 1. The third kappa shape index (κ3) is 3.98. The van der Waals surface area contributed by atoms with Crippen LogP contribution in [0.15, 0.2) is 11.4 Å². The molecular weight excluding hydrogens is 397 g/mol. The van der Waals surface area contributed by atoms with Gasteiger partial charge in [-0.15, -0.1) is 11.3 Å². The highest BCUT2D eigenvalue weighted by molar-refractivity contribution is 7.17. The predicted molar refractivity (Wildman–Crippen MR) is 98.8 cm³/mol. The minimum atomic E-state index is -4.56. The van der Waals surface area contributed by atoms with E-state index in [1.807, 2.05) is 0 Å². The molecule has 0 unspecified atom stereocenters. The molecule has 1 saturated heterocycles. The molecule has 2 N–H and O–H groups in total. The minimum absolute atomic E-state index is 0.0454. The zero-order chi connectivity index (χ0) is 20.5. The van der Waals surface area contributed by atoms with E-state index in [1.165, 1.54) is 19.5 Å². The number of carbonyl (C=O) groups is 2. The van der Waals surface area contributed by atoms with Gasteiger partial charge in [0.2, 0.25) is 0 Å². The van der Waals surface area contributed by atoms with Crippen molar-refractivity contribution in [2.75, 3.05) is 32.1 Å². The number of piperidine rings is 1. The van der Waals surface area contributed by atoms with Gasteiger partial charge in [-0.25, -0.2) is 9.78 Å². The second-order valence-corrected chi connectivity index (χ2v) is 7.21. The molecule has 0 spiro atoms. The molecule has 2 aromatic heterocycles. The lowest BCUT2D eigenvalue weighted by Crippen LogP contribution is -2.45. The van der Waals surface area contributed by atoms with Crippen molar-refractivity contribution in [3.63, 3.8) is 0 Å². The summed E-state index contributed by atoms with van der Waals surface area (Å²) < 4.78 is 45.3. The molecule has 28 heavy (non-hydrogen) atoms. The van der Waals surface area contributed by atoms with Gasteiger partial charge in [-0.2, -0.15) is 13.2 Å². The monoisotopic (exact) mass is 416 g/mol. The number of methoxy groups -OCH3 is 1. The normalized spacial score (nSPS) is 15.5. The molecule has 0 atom stereocenters. The fourth-order valence-electron chi connectivity index (χ4n) is 3.14. The van der Waals surface area contributed by atoms with Crippen molar-refractivity contribution in [3.05, 3.63) is 22.6 Å². The molecular formula is C17H19F3N4O3S. The van der Waals surface area contributed by atoms with Gasteiger partial charge in [-0.1, -0.05) is 0 Å². The number of hydrogen-bond acceptors (Lipinski definition) is 6. The number of alkyl halides is 3. The fourth-order valence-corrected chi connectivity index (χ4v) is 4.17. The number of alkyl carbamates (subject to hydrolysis) is 1. The van der Waals surface area contributed by atoms with E-state index in [-0.39, 0.29) is 27.6 Å². The summed E-state index contributed by atoms with van der Waals surface area (Å²) in [6.45, 7) is 0.841. The molecule has 3 heterocycles. The Morgan fingerprint density at radius 2 is 2.00 bits per heavy atom. The molecule has 2 amide bonds. The summed E-state index contributed by atoms with van der Waals surface area (Å²) in [7, 11) is 2.69. The molecule has 1 aliphatic heterocycles. The predicted octanol–water partition coefficient (Wildman–Crippen LogP) is 3.00. The first-order chi connectivity index (χ1) is 13.2. The molecule has 0 bridgehead atoms. The first-order valence-electron chi connectivity index (χ1n) is 8.55. The topological polar surface area (TPSA) is 83.6 Å². The average Bonchev–Trinajstić information content (AvgIpc) is 3.10. The van der Waals surface area contributed by atoms with Crippen molar-refractivity contribution in [1.29, 1.82) is 0 Å². The Labute approximate surface area is 162 Å². The van der Waals surface area contributed by atoms with E-state index in [9.17, 15) is 22.8 Å². The van der Waals surface area contributed by atoms with Crippen LogP contribution in [0.1, 0.15) is 28.8 Å². The number of anilines is 1. The van der Waals surface area contributed by atoms with E-state index >= 15 is 0 Å². The fraction of sp³-hybridized carbons (Fsp3) is 0.471. The van der Waals surface area contributed by atoms with Gasteiger partial charge in [0, 0.05) is 31.6 Å². The number of aromatic nitrogens is 1. The average molecular weight is 416 g/mol. The quantitative estimate of drug-likeness (QED) is 0.804.